The normalized spacial score (nSPS) is 10.5. The van der Waals surface area contributed by atoms with Gasteiger partial charge in [-0.05, 0) is 49.2 Å². The highest BCUT2D eigenvalue weighted by molar-refractivity contribution is 6.04. The van der Waals surface area contributed by atoms with Crippen molar-refractivity contribution in [2.24, 2.45) is 0 Å². The fraction of sp³-hybridized carbons (Fsp3) is 0.150. The van der Waals surface area contributed by atoms with Gasteiger partial charge in [-0.25, -0.2) is 9.36 Å². The number of nitrogens with one attached hydrogen (secondary N) is 2. The second-order valence-electron chi connectivity index (χ2n) is 6.07. The molecule has 0 saturated carbocycles. The Hall–Kier alpha value is -3.61. The highest BCUT2D eigenvalue weighted by Crippen LogP contribution is 2.20. The smallest absolute Gasteiger partial charge is 0.333 e. The van der Waals surface area contributed by atoms with Crippen LogP contribution in [0.4, 0.5) is 5.69 Å². The zero-order chi connectivity index (χ0) is 19.6. The van der Waals surface area contributed by atoms with Crippen LogP contribution in [-0.2, 0) is 0 Å². The van der Waals surface area contributed by atoms with Crippen molar-refractivity contribution < 1.29 is 9.53 Å². The molecule has 0 bridgehead atoms. The Labute approximate surface area is 155 Å². The Morgan fingerprint density at radius 3 is 2.26 bits per heavy atom. The molecule has 3 rings (SSSR count). The first-order valence-electron chi connectivity index (χ1n) is 8.29. The van der Waals surface area contributed by atoms with Crippen molar-refractivity contribution in [3.05, 3.63) is 86.2 Å². The predicted octanol–water partition coefficient (Wildman–Crippen LogP) is 2.40. The molecule has 0 fully saturated rings. The molecule has 0 atom stereocenters. The number of rotatable bonds is 4. The second kappa shape index (κ2) is 7.33. The molecule has 27 heavy (non-hydrogen) atoms. The van der Waals surface area contributed by atoms with Crippen LogP contribution in [0.5, 0.6) is 5.75 Å². The Morgan fingerprint density at radius 2 is 1.67 bits per heavy atom. The molecule has 1 heterocycles. The number of aromatic nitrogens is 2. The zero-order valence-corrected chi connectivity index (χ0v) is 15.2. The molecule has 7 heteroatoms. The standard InChI is InChI=1S/C20H19N3O4/c1-12-5-4-6-13(2)17(12)22-18(24)16-11-21-20(26)23(19(16)25)14-7-9-15(27-3)10-8-14/h4-11H,1-3H3,(H,21,26)(H,22,24). The summed E-state index contributed by atoms with van der Waals surface area (Å²) in [6, 6.07) is 12.0. The van der Waals surface area contributed by atoms with E-state index in [1.54, 1.807) is 24.3 Å². The maximum Gasteiger partial charge on any atom is 0.333 e. The number of ether oxygens (including phenoxy) is 1. The minimum absolute atomic E-state index is 0.159. The maximum atomic E-state index is 12.8. The van der Waals surface area contributed by atoms with Gasteiger partial charge in [-0.2, -0.15) is 0 Å². The lowest BCUT2D eigenvalue weighted by Crippen LogP contribution is -2.38. The molecule has 0 unspecified atom stereocenters. The molecule has 0 aliphatic rings. The highest BCUT2D eigenvalue weighted by atomic mass is 16.5. The molecule has 0 radical (unpaired) electrons. The Bertz CT molecular complexity index is 1090. The van der Waals surface area contributed by atoms with Crippen LogP contribution in [0.3, 0.4) is 0 Å². The molecular weight excluding hydrogens is 346 g/mol. The number of H-pyrrole nitrogens is 1. The van der Waals surface area contributed by atoms with Gasteiger partial charge in [-0.15, -0.1) is 0 Å². The molecule has 138 valence electrons. The van der Waals surface area contributed by atoms with E-state index >= 15 is 0 Å². The summed E-state index contributed by atoms with van der Waals surface area (Å²) in [7, 11) is 1.52. The number of para-hydroxylation sites is 1. The summed E-state index contributed by atoms with van der Waals surface area (Å²) in [4.78, 5) is 40.1. The molecule has 2 N–H and O–H groups in total. The number of hydrogen-bond acceptors (Lipinski definition) is 4. The van der Waals surface area contributed by atoms with E-state index in [2.05, 4.69) is 10.3 Å². The number of benzene rings is 2. The van der Waals surface area contributed by atoms with Crippen LogP contribution >= 0.6 is 0 Å². The van der Waals surface area contributed by atoms with E-state index in [9.17, 15) is 14.4 Å². The molecule has 0 spiro atoms. The van der Waals surface area contributed by atoms with Crippen LogP contribution < -0.4 is 21.3 Å². The number of amides is 1. The molecule has 1 amide bonds. The summed E-state index contributed by atoms with van der Waals surface area (Å²) < 4.78 is 5.99. The quantitative estimate of drug-likeness (QED) is 0.742. The summed E-state index contributed by atoms with van der Waals surface area (Å²) >= 11 is 0. The van der Waals surface area contributed by atoms with E-state index in [1.165, 1.54) is 7.11 Å². The molecule has 7 nitrogen and oxygen atoms in total. The third kappa shape index (κ3) is 3.52. The highest BCUT2D eigenvalue weighted by Gasteiger charge is 2.17. The van der Waals surface area contributed by atoms with E-state index in [1.807, 2.05) is 32.0 Å². The van der Waals surface area contributed by atoms with Crippen LogP contribution in [0.2, 0.25) is 0 Å². The predicted molar refractivity (Wildman–Crippen MR) is 103 cm³/mol. The lowest BCUT2D eigenvalue weighted by molar-refractivity contribution is 0.102. The number of carbonyl (C=O) groups is 1. The Balaban J connectivity index is 2.03. The molecule has 0 aliphatic heterocycles. The molecule has 2 aromatic carbocycles. The number of hydrogen-bond donors (Lipinski definition) is 2. The zero-order valence-electron chi connectivity index (χ0n) is 15.2. The van der Waals surface area contributed by atoms with Gasteiger partial charge in [0.25, 0.3) is 11.5 Å². The molecule has 0 aliphatic carbocycles. The number of anilines is 1. The van der Waals surface area contributed by atoms with Crippen molar-refractivity contribution in [1.29, 1.82) is 0 Å². The maximum absolute atomic E-state index is 12.8. The SMILES string of the molecule is COc1ccc(-n2c(=O)[nH]cc(C(=O)Nc3c(C)cccc3C)c2=O)cc1. The van der Waals surface area contributed by atoms with Gasteiger partial charge in [0.2, 0.25) is 0 Å². The van der Waals surface area contributed by atoms with E-state index in [-0.39, 0.29) is 5.56 Å². The fourth-order valence-electron chi connectivity index (χ4n) is 2.79. The van der Waals surface area contributed by atoms with Gasteiger partial charge in [0.1, 0.15) is 11.3 Å². The lowest BCUT2D eigenvalue weighted by atomic mass is 10.1. The van der Waals surface area contributed by atoms with Crippen LogP contribution in [0, 0.1) is 13.8 Å². The van der Waals surface area contributed by atoms with E-state index in [0.717, 1.165) is 21.9 Å². The summed E-state index contributed by atoms with van der Waals surface area (Å²) in [5, 5.41) is 2.76. The minimum atomic E-state index is -0.701. The van der Waals surface area contributed by atoms with Crippen LogP contribution in [0.15, 0.2) is 58.3 Å². The van der Waals surface area contributed by atoms with Gasteiger partial charge >= 0.3 is 5.69 Å². The number of nitrogens with zero attached hydrogens (tertiary/aromatic N) is 1. The first kappa shape index (κ1) is 18.2. The Morgan fingerprint density at radius 1 is 1.04 bits per heavy atom. The van der Waals surface area contributed by atoms with E-state index < -0.39 is 17.2 Å². The third-order valence-corrected chi connectivity index (χ3v) is 4.27. The number of aryl methyl sites for hydroxylation is 2. The van der Waals surface area contributed by atoms with Crippen LogP contribution in [-0.4, -0.2) is 22.6 Å². The number of aromatic amines is 1. The first-order valence-corrected chi connectivity index (χ1v) is 8.29. The largest absolute Gasteiger partial charge is 0.497 e. The minimum Gasteiger partial charge on any atom is -0.497 e. The van der Waals surface area contributed by atoms with Gasteiger partial charge < -0.3 is 15.0 Å². The topological polar surface area (TPSA) is 93.2 Å². The fourth-order valence-corrected chi connectivity index (χ4v) is 2.79. The van der Waals surface area contributed by atoms with Crippen molar-refractivity contribution in [1.82, 2.24) is 9.55 Å². The van der Waals surface area contributed by atoms with Gasteiger partial charge in [0, 0.05) is 11.9 Å². The van der Waals surface area contributed by atoms with Crippen LogP contribution in [0.25, 0.3) is 5.69 Å². The van der Waals surface area contributed by atoms with E-state index in [4.69, 9.17) is 4.74 Å². The molecular formula is C20H19N3O4. The van der Waals surface area contributed by atoms with Gasteiger partial charge in [0.05, 0.1) is 12.8 Å². The molecule has 0 saturated heterocycles. The number of methoxy groups -OCH3 is 1. The third-order valence-electron chi connectivity index (χ3n) is 4.27. The summed E-state index contributed by atoms with van der Waals surface area (Å²) in [5.74, 6) is 0.00284. The monoisotopic (exact) mass is 365 g/mol. The van der Waals surface area contributed by atoms with E-state index in [0.29, 0.717) is 17.1 Å². The summed E-state index contributed by atoms with van der Waals surface area (Å²) in [6.45, 7) is 3.73. The van der Waals surface area contributed by atoms with Crippen molar-refractivity contribution in [2.45, 2.75) is 13.8 Å². The first-order chi connectivity index (χ1) is 12.9. The average Bonchev–Trinajstić information content (AvgIpc) is 2.65. The summed E-state index contributed by atoms with van der Waals surface area (Å²) in [6.07, 6.45) is 1.13. The van der Waals surface area contributed by atoms with Crippen molar-refractivity contribution in [2.75, 3.05) is 12.4 Å². The van der Waals surface area contributed by atoms with Gasteiger partial charge in [-0.1, -0.05) is 18.2 Å². The number of carbonyl (C=O) groups excluding carboxylic acids is 1. The molecule has 3 aromatic rings. The lowest BCUT2D eigenvalue weighted by Gasteiger charge is -2.12. The van der Waals surface area contributed by atoms with Crippen molar-refractivity contribution in [3.8, 4) is 11.4 Å². The van der Waals surface area contributed by atoms with Gasteiger partial charge in [-0.3, -0.25) is 9.59 Å². The summed E-state index contributed by atoms with van der Waals surface area (Å²) in [5.41, 5.74) is 1.24. The second-order valence-corrected chi connectivity index (χ2v) is 6.07. The van der Waals surface area contributed by atoms with Crippen molar-refractivity contribution in [3.63, 3.8) is 0 Å². The van der Waals surface area contributed by atoms with Crippen LogP contribution in [0.1, 0.15) is 21.5 Å². The van der Waals surface area contributed by atoms with Crippen molar-refractivity contribution >= 4 is 11.6 Å². The van der Waals surface area contributed by atoms with Gasteiger partial charge in [0.15, 0.2) is 0 Å². The molecule has 1 aromatic heterocycles. The Kier molecular flexibility index (Phi) is 4.94. The average molecular weight is 365 g/mol.